The van der Waals surface area contributed by atoms with Gasteiger partial charge < -0.3 is 31.7 Å². The molecule has 1 aromatic heterocycles. The number of allylic oxidation sites excluding steroid dienone is 2. The van der Waals surface area contributed by atoms with E-state index in [1.807, 2.05) is 14.8 Å². The van der Waals surface area contributed by atoms with Crippen molar-refractivity contribution in [2.24, 2.45) is 11.5 Å². The second-order valence-electron chi connectivity index (χ2n) is 7.03. The Hall–Kier alpha value is -3.31. The van der Waals surface area contributed by atoms with Gasteiger partial charge in [0.05, 0.1) is 31.3 Å². The number of aromatic nitrogens is 1. The van der Waals surface area contributed by atoms with Crippen molar-refractivity contribution in [3.63, 3.8) is 0 Å². The number of urea groups is 1. The minimum Gasteiger partial charge on any atom is -0.395 e. The van der Waals surface area contributed by atoms with Crippen LogP contribution in [0.15, 0.2) is 47.6 Å². The van der Waals surface area contributed by atoms with Crippen LogP contribution in [0, 0.1) is 5.82 Å². The fraction of sp³-hybridized carbons (Fsp3) is 0.333. The van der Waals surface area contributed by atoms with Crippen LogP contribution in [0.4, 0.5) is 20.0 Å². The lowest BCUT2D eigenvalue weighted by atomic mass is 10.3. The zero-order valence-corrected chi connectivity index (χ0v) is 18.8. The highest BCUT2D eigenvalue weighted by Gasteiger charge is 2.20. The molecule has 0 atom stereocenters. The van der Waals surface area contributed by atoms with Crippen molar-refractivity contribution in [2.75, 3.05) is 45.2 Å². The van der Waals surface area contributed by atoms with Gasteiger partial charge in [-0.3, -0.25) is 0 Å². The molecule has 0 saturated carbocycles. The Balaban J connectivity index is 1.82. The summed E-state index contributed by atoms with van der Waals surface area (Å²) in [7, 11) is 1.56. The highest BCUT2D eigenvalue weighted by atomic mass is 32.1. The minimum absolute atomic E-state index is 0.272. The molecule has 2 amide bonds. The van der Waals surface area contributed by atoms with E-state index in [4.69, 9.17) is 16.2 Å². The summed E-state index contributed by atoms with van der Waals surface area (Å²) in [5.74, 6) is 0.292. The van der Waals surface area contributed by atoms with Crippen LogP contribution in [0.25, 0.3) is 5.70 Å². The fourth-order valence-corrected chi connectivity index (χ4v) is 4.12. The first-order valence-corrected chi connectivity index (χ1v) is 11.1. The number of anilines is 2. The van der Waals surface area contributed by atoms with Gasteiger partial charge in [0.1, 0.15) is 18.0 Å². The van der Waals surface area contributed by atoms with E-state index in [1.54, 1.807) is 31.3 Å². The topological polar surface area (TPSA) is 122 Å². The number of thiazole rings is 1. The summed E-state index contributed by atoms with van der Waals surface area (Å²) >= 11 is 1.43. The van der Waals surface area contributed by atoms with Crippen LogP contribution in [-0.4, -0.2) is 50.8 Å². The lowest BCUT2D eigenvalue weighted by Crippen LogP contribution is -2.45. The smallest absolute Gasteiger partial charge is 0.339 e. The molecule has 0 unspecified atom stereocenters. The normalized spacial score (nSPS) is 14.9. The summed E-state index contributed by atoms with van der Waals surface area (Å²) in [6, 6.07) is 5.94. The quantitative estimate of drug-likeness (QED) is 0.298. The van der Waals surface area contributed by atoms with Crippen LogP contribution < -0.4 is 32.0 Å². The molecule has 9 nitrogen and oxygen atoms in total. The number of carbonyl (C=O) groups is 1. The van der Waals surface area contributed by atoms with E-state index in [1.165, 1.54) is 23.5 Å². The molecule has 2 aromatic rings. The van der Waals surface area contributed by atoms with Gasteiger partial charge in [0.25, 0.3) is 0 Å². The molecular weight excluding hydrogens is 433 g/mol. The van der Waals surface area contributed by atoms with Crippen molar-refractivity contribution >= 4 is 33.9 Å². The first-order chi connectivity index (χ1) is 15.5. The monoisotopic (exact) mass is 462 g/mol. The molecule has 1 aliphatic rings. The third kappa shape index (κ3) is 6.34. The Kier molecular flexibility index (Phi) is 8.28. The van der Waals surface area contributed by atoms with Crippen LogP contribution in [0.3, 0.4) is 0 Å². The Labute approximate surface area is 190 Å². The lowest BCUT2D eigenvalue weighted by Gasteiger charge is -2.28. The molecule has 11 heteroatoms. The van der Waals surface area contributed by atoms with Crippen LogP contribution in [0.2, 0.25) is 0 Å². The summed E-state index contributed by atoms with van der Waals surface area (Å²) < 4.78 is 20.9. The van der Waals surface area contributed by atoms with E-state index in [0.29, 0.717) is 43.5 Å². The molecule has 32 heavy (non-hydrogen) atoms. The zero-order valence-electron chi connectivity index (χ0n) is 17.9. The summed E-state index contributed by atoms with van der Waals surface area (Å²) in [4.78, 5) is 13.6. The maximum atomic E-state index is 13.6. The van der Waals surface area contributed by atoms with Gasteiger partial charge in [-0.2, -0.15) is 0 Å². The largest absolute Gasteiger partial charge is 0.395 e. The van der Waals surface area contributed by atoms with E-state index >= 15 is 0 Å². The second-order valence-corrected chi connectivity index (χ2v) is 7.89. The standard InChI is InChI=1S/C21H28FN7O2S/c1-25-20(30)26-7-8-29-18(14-32-21(29)27-16-4-2-3-15(22)13-16)17(23)5-6-19(24)28-9-11-31-12-10-28/h2-6,13-14H,7-12,23-24H2,1H3,(H2,25,26,30)/p+1/b17-5-,19-6+. The molecule has 0 radical (unpaired) electrons. The van der Waals surface area contributed by atoms with Gasteiger partial charge in [-0.05, 0) is 24.3 Å². The number of morpholine rings is 1. The molecule has 1 fully saturated rings. The van der Waals surface area contributed by atoms with Gasteiger partial charge >= 0.3 is 11.2 Å². The van der Waals surface area contributed by atoms with E-state index in [9.17, 15) is 9.18 Å². The predicted molar refractivity (Wildman–Crippen MR) is 123 cm³/mol. The Morgan fingerprint density at radius 3 is 2.81 bits per heavy atom. The molecule has 1 saturated heterocycles. The number of nitrogens with two attached hydrogens (primary N) is 2. The maximum Gasteiger partial charge on any atom is 0.339 e. The molecule has 172 valence electrons. The van der Waals surface area contributed by atoms with Gasteiger partial charge in [0, 0.05) is 31.6 Å². The number of rotatable bonds is 8. The first-order valence-electron chi connectivity index (χ1n) is 10.2. The van der Waals surface area contributed by atoms with Gasteiger partial charge in [0.15, 0.2) is 5.69 Å². The van der Waals surface area contributed by atoms with Crippen molar-refractivity contribution < 1.29 is 18.5 Å². The molecule has 2 heterocycles. The van der Waals surface area contributed by atoms with Crippen molar-refractivity contribution in [3.05, 3.63) is 59.1 Å². The van der Waals surface area contributed by atoms with E-state index in [-0.39, 0.29) is 11.8 Å². The van der Waals surface area contributed by atoms with Gasteiger partial charge in [-0.25, -0.2) is 19.1 Å². The van der Waals surface area contributed by atoms with Gasteiger partial charge in [0.2, 0.25) is 0 Å². The summed E-state index contributed by atoms with van der Waals surface area (Å²) in [5, 5.41) is 11.2. The molecular formula is C21H29FN7O2S+. The zero-order chi connectivity index (χ0) is 22.9. The van der Waals surface area contributed by atoms with Crippen molar-refractivity contribution in [3.8, 4) is 0 Å². The predicted octanol–water partition coefficient (Wildman–Crippen LogP) is 1.28. The van der Waals surface area contributed by atoms with Crippen LogP contribution >= 0.6 is 11.3 Å². The number of nitrogens with one attached hydrogen (secondary N) is 3. The fourth-order valence-electron chi connectivity index (χ4n) is 3.14. The van der Waals surface area contributed by atoms with Crippen LogP contribution in [0.1, 0.15) is 5.69 Å². The molecule has 3 rings (SSSR count). The highest BCUT2D eigenvalue weighted by molar-refractivity contribution is 7.13. The van der Waals surface area contributed by atoms with E-state index in [2.05, 4.69) is 16.0 Å². The summed E-state index contributed by atoms with van der Waals surface area (Å²) in [6.45, 7) is 3.60. The number of halogens is 1. The average molecular weight is 463 g/mol. The second kappa shape index (κ2) is 11.3. The van der Waals surface area contributed by atoms with Gasteiger partial charge in [-0.1, -0.05) is 17.4 Å². The first kappa shape index (κ1) is 23.4. The summed E-state index contributed by atoms with van der Waals surface area (Å²) in [5.41, 5.74) is 14.5. The number of ether oxygens (including phenoxy) is 1. The molecule has 0 aliphatic carbocycles. The number of amides is 2. The average Bonchev–Trinajstić information content (AvgIpc) is 3.20. The number of benzene rings is 1. The van der Waals surface area contributed by atoms with E-state index < -0.39 is 0 Å². The molecule has 1 aliphatic heterocycles. The molecule has 0 spiro atoms. The summed E-state index contributed by atoms with van der Waals surface area (Å²) in [6.07, 6.45) is 3.55. The van der Waals surface area contributed by atoms with Crippen molar-refractivity contribution in [1.82, 2.24) is 15.5 Å². The van der Waals surface area contributed by atoms with E-state index in [0.717, 1.165) is 23.9 Å². The molecule has 7 N–H and O–H groups in total. The molecule has 1 aromatic carbocycles. The Morgan fingerprint density at radius 2 is 2.09 bits per heavy atom. The third-order valence-electron chi connectivity index (χ3n) is 4.85. The van der Waals surface area contributed by atoms with Crippen molar-refractivity contribution in [1.29, 1.82) is 0 Å². The minimum atomic E-state index is -0.331. The number of nitrogens with zero attached hydrogens (tertiary/aromatic N) is 2. The van der Waals surface area contributed by atoms with Crippen LogP contribution in [-0.2, 0) is 11.3 Å². The Morgan fingerprint density at radius 1 is 1.31 bits per heavy atom. The Bertz CT molecular complexity index is 986. The number of carbonyl (C=O) groups excluding carboxylic acids is 1. The third-order valence-corrected chi connectivity index (χ3v) is 5.73. The highest BCUT2D eigenvalue weighted by Crippen LogP contribution is 2.22. The van der Waals surface area contributed by atoms with Gasteiger partial charge in [-0.15, -0.1) is 0 Å². The number of hydrogen-bond acceptors (Lipinski definition) is 7. The van der Waals surface area contributed by atoms with Crippen molar-refractivity contribution in [2.45, 2.75) is 6.54 Å². The molecule has 0 bridgehead atoms. The maximum absolute atomic E-state index is 13.6. The SMILES string of the molecule is CNC(=O)NCC[n+]1c(/C(N)=C/C=C(\N)N2CCOCC2)csc1Nc1cccc(F)c1. The van der Waals surface area contributed by atoms with Crippen LogP contribution in [0.5, 0.6) is 0 Å². The number of hydrogen-bond donors (Lipinski definition) is 5. The lowest BCUT2D eigenvalue weighted by molar-refractivity contribution is -0.678.